The summed E-state index contributed by atoms with van der Waals surface area (Å²) in [7, 11) is 0. The van der Waals surface area contributed by atoms with E-state index in [0.717, 1.165) is 5.01 Å². The van der Waals surface area contributed by atoms with Crippen LogP contribution in [0, 0.1) is 6.92 Å². The first-order chi connectivity index (χ1) is 5.22. The van der Waals surface area contributed by atoms with Gasteiger partial charge in [0.25, 0.3) is 0 Å². The molecule has 0 bridgehead atoms. The monoisotopic (exact) mass is 185 g/mol. The fourth-order valence-electron chi connectivity index (χ4n) is 0.704. The van der Waals surface area contributed by atoms with E-state index in [1.807, 2.05) is 13.1 Å². The quantitative estimate of drug-likeness (QED) is 0.702. The van der Waals surface area contributed by atoms with Gasteiger partial charge in [0.05, 0.1) is 5.01 Å². The second kappa shape index (κ2) is 3.93. The van der Waals surface area contributed by atoms with Gasteiger partial charge in [-0.3, -0.25) is 0 Å². The van der Waals surface area contributed by atoms with Gasteiger partial charge in [-0.05, 0) is 31.1 Å². The van der Waals surface area contributed by atoms with Crippen LogP contribution in [0.25, 0.3) is 6.08 Å². The minimum Gasteiger partial charge on any atom is -0.249 e. The van der Waals surface area contributed by atoms with Crippen LogP contribution in [0.15, 0.2) is 11.1 Å². The molecule has 1 nitrogen and oxygen atoms in total. The van der Waals surface area contributed by atoms with Gasteiger partial charge in [0.2, 0.25) is 0 Å². The Morgan fingerprint density at radius 2 is 2.45 bits per heavy atom. The molecule has 0 atom stereocenters. The molecular formula is C8H11NS2. The van der Waals surface area contributed by atoms with Crippen molar-refractivity contribution in [3.8, 4) is 0 Å². The smallest absolute Gasteiger partial charge is 0.0900 e. The van der Waals surface area contributed by atoms with Gasteiger partial charge in [0.1, 0.15) is 0 Å². The molecule has 0 aliphatic heterocycles. The number of hydrogen-bond donors (Lipinski definition) is 0. The minimum absolute atomic E-state index is 1.13. The lowest BCUT2D eigenvalue weighted by Gasteiger charge is -1.89. The van der Waals surface area contributed by atoms with Gasteiger partial charge in [-0.2, -0.15) is 0 Å². The Hall–Kier alpha value is -0.280. The molecule has 0 amide bonds. The normalized spacial score (nSPS) is 12.1. The highest BCUT2D eigenvalue weighted by Gasteiger charge is 1.93. The molecule has 60 valence electrons. The van der Waals surface area contributed by atoms with Crippen LogP contribution in [-0.2, 0) is 0 Å². The topological polar surface area (TPSA) is 12.9 Å². The Labute approximate surface area is 75.5 Å². The van der Waals surface area contributed by atoms with Gasteiger partial charge in [-0.15, -0.1) is 23.1 Å². The second-order valence-electron chi connectivity index (χ2n) is 2.24. The molecule has 0 saturated carbocycles. The fraction of sp³-hybridized carbons (Fsp3) is 0.375. The minimum atomic E-state index is 1.13. The Morgan fingerprint density at radius 3 is 2.91 bits per heavy atom. The summed E-state index contributed by atoms with van der Waals surface area (Å²) in [5.41, 5.74) is 0. The summed E-state index contributed by atoms with van der Waals surface area (Å²) in [4.78, 5) is 6.74. The summed E-state index contributed by atoms with van der Waals surface area (Å²) >= 11 is 3.50. The van der Waals surface area contributed by atoms with Crippen LogP contribution < -0.4 is 0 Å². The Morgan fingerprint density at radius 1 is 1.73 bits per heavy atom. The van der Waals surface area contributed by atoms with Crippen molar-refractivity contribution in [1.29, 1.82) is 0 Å². The number of nitrogens with zero attached hydrogens (tertiary/aromatic N) is 1. The third-order valence-electron chi connectivity index (χ3n) is 1.31. The van der Waals surface area contributed by atoms with Crippen LogP contribution in [0.3, 0.4) is 0 Å². The van der Waals surface area contributed by atoms with Crippen molar-refractivity contribution >= 4 is 29.2 Å². The number of aromatic nitrogens is 1. The Bertz CT molecular complexity index is 263. The molecule has 0 spiro atoms. The first-order valence-electron chi connectivity index (χ1n) is 3.37. The maximum absolute atomic E-state index is 4.17. The van der Waals surface area contributed by atoms with E-state index in [0.29, 0.717) is 0 Å². The number of rotatable bonds is 2. The van der Waals surface area contributed by atoms with E-state index in [9.17, 15) is 0 Å². The summed E-state index contributed by atoms with van der Waals surface area (Å²) < 4.78 is 0. The predicted molar refractivity (Wildman–Crippen MR) is 54.0 cm³/mol. The summed E-state index contributed by atoms with van der Waals surface area (Å²) in [5, 5.41) is 1.13. The number of hydrogen-bond acceptors (Lipinski definition) is 3. The zero-order chi connectivity index (χ0) is 8.27. The zero-order valence-electron chi connectivity index (χ0n) is 6.92. The van der Waals surface area contributed by atoms with E-state index in [4.69, 9.17) is 0 Å². The number of aryl methyl sites for hydroxylation is 1. The maximum Gasteiger partial charge on any atom is 0.0900 e. The average molecular weight is 185 g/mol. The summed E-state index contributed by atoms with van der Waals surface area (Å²) in [6, 6.07) is 0. The Kier molecular flexibility index (Phi) is 3.15. The lowest BCUT2D eigenvalue weighted by molar-refractivity contribution is 1.30. The molecule has 0 aromatic carbocycles. The van der Waals surface area contributed by atoms with E-state index in [1.165, 1.54) is 9.78 Å². The van der Waals surface area contributed by atoms with Crippen molar-refractivity contribution < 1.29 is 0 Å². The Balaban J connectivity index is 2.78. The standard InChI is InChI=1S/C8H11NS2/c1-6(10-3)4-8-5-9-7(2)11-8/h4-5H,1-3H3/b6-4-. The third kappa shape index (κ3) is 2.67. The molecule has 1 aromatic heterocycles. The lowest BCUT2D eigenvalue weighted by atomic mass is 10.5. The largest absolute Gasteiger partial charge is 0.249 e. The van der Waals surface area contributed by atoms with Gasteiger partial charge in [-0.1, -0.05) is 0 Å². The molecule has 0 saturated heterocycles. The molecule has 0 fully saturated rings. The summed E-state index contributed by atoms with van der Waals surface area (Å²) in [6.07, 6.45) is 6.16. The van der Waals surface area contributed by atoms with Crippen LogP contribution >= 0.6 is 23.1 Å². The maximum atomic E-state index is 4.17. The molecule has 1 heterocycles. The van der Waals surface area contributed by atoms with Crippen molar-refractivity contribution in [2.45, 2.75) is 13.8 Å². The van der Waals surface area contributed by atoms with E-state index >= 15 is 0 Å². The molecule has 11 heavy (non-hydrogen) atoms. The van der Waals surface area contributed by atoms with E-state index in [2.05, 4.69) is 24.2 Å². The molecule has 0 aliphatic rings. The third-order valence-corrected chi connectivity index (χ3v) is 2.93. The van der Waals surface area contributed by atoms with Crippen molar-refractivity contribution in [2.75, 3.05) is 6.26 Å². The van der Waals surface area contributed by atoms with Crippen molar-refractivity contribution in [3.05, 3.63) is 21.0 Å². The van der Waals surface area contributed by atoms with Crippen LogP contribution in [0.2, 0.25) is 0 Å². The van der Waals surface area contributed by atoms with Crippen LogP contribution in [0.5, 0.6) is 0 Å². The first-order valence-corrected chi connectivity index (χ1v) is 5.41. The number of thiazole rings is 1. The highest BCUT2D eigenvalue weighted by Crippen LogP contribution is 2.19. The fourth-order valence-corrected chi connectivity index (χ4v) is 1.81. The summed E-state index contributed by atoms with van der Waals surface area (Å²) in [5.74, 6) is 0. The number of thioether (sulfide) groups is 1. The first kappa shape index (κ1) is 8.81. The van der Waals surface area contributed by atoms with Crippen molar-refractivity contribution in [3.63, 3.8) is 0 Å². The van der Waals surface area contributed by atoms with Crippen LogP contribution in [0.4, 0.5) is 0 Å². The molecular weight excluding hydrogens is 174 g/mol. The van der Waals surface area contributed by atoms with E-state index < -0.39 is 0 Å². The lowest BCUT2D eigenvalue weighted by Crippen LogP contribution is -1.63. The van der Waals surface area contributed by atoms with Crippen LogP contribution in [0.1, 0.15) is 16.8 Å². The van der Waals surface area contributed by atoms with Gasteiger partial charge in [0, 0.05) is 11.1 Å². The SMILES string of the molecule is CS/C(C)=C\c1cnc(C)s1. The number of allylic oxidation sites excluding steroid dienone is 1. The van der Waals surface area contributed by atoms with Crippen LogP contribution in [-0.4, -0.2) is 11.2 Å². The van der Waals surface area contributed by atoms with Gasteiger partial charge < -0.3 is 0 Å². The molecule has 3 heteroatoms. The molecule has 0 aliphatic carbocycles. The molecule has 0 unspecified atom stereocenters. The van der Waals surface area contributed by atoms with Crippen molar-refractivity contribution in [1.82, 2.24) is 4.98 Å². The zero-order valence-corrected chi connectivity index (χ0v) is 8.55. The second-order valence-corrected chi connectivity index (χ2v) is 4.56. The summed E-state index contributed by atoms with van der Waals surface area (Å²) in [6.45, 7) is 4.14. The molecule has 0 N–H and O–H groups in total. The average Bonchev–Trinajstić information content (AvgIpc) is 2.35. The van der Waals surface area contributed by atoms with Crippen molar-refractivity contribution in [2.24, 2.45) is 0 Å². The highest BCUT2D eigenvalue weighted by atomic mass is 32.2. The highest BCUT2D eigenvalue weighted by molar-refractivity contribution is 8.02. The molecule has 1 aromatic rings. The molecule has 0 radical (unpaired) electrons. The van der Waals surface area contributed by atoms with E-state index in [-0.39, 0.29) is 0 Å². The van der Waals surface area contributed by atoms with E-state index in [1.54, 1.807) is 23.1 Å². The predicted octanol–water partition coefficient (Wildman–Crippen LogP) is 3.18. The van der Waals surface area contributed by atoms with Gasteiger partial charge in [0.15, 0.2) is 0 Å². The molecule has 1 rings (SSSR count). The van der Waals surface area contributed by atoms with Gasteiger partial charge in [-0.25, -0.2) is 4.98 Å². The van der Waals surface area contributed by atoms with Gasteiger partial charge >= 0.3 is 0 Å².